The van der Waals surface area contributed by atoms with E-state index in [1.807, 2.05) is 54.6 Å². The molecule has 2 aromatic carbocycles. The van der Waals surface area contributed by atoms with Gasteiger partial charge in [0.2, 0.25) is 0 Å². The number of nitrogens with zero attached hydrogens (tertiary/aromatic N) is 2. The molecule has 0 radical (unpaired) electrons. The molecule has 0 saturated heterocycles. The van der Waals surface area contributed by atoms with Gasteiger partial charge in [-0.2, -0.15) is 0 Å². The van der Waals surface area contributed by atoms with Gasteiger partial charge in [-0.1, -0.05) is 54.6 Å². The number of carbonyl (C=O) groups is 1. The van der Waals surface area contributed by atoms with Crippen molar-refractivity contribution in [2.75, 3.05) is 11.9 Å². The molecular weight excluding hydrogens is 290 g/mol. The molecule has 0 fully saturated rings. The molecule has 0 saturated carbocycles. The standard InChI is InChI=1S/C18H17N3O2/c22-16(23)11-6-12-19-18-15-10-5-4-9-14(15)17(20-21-18)13-7-2-1-3-8-13/h1-5,7-10H,6,11-12H2,(H,19,21)(H,22,23). The van der Waals surface area contributed by atoms with Crippen LogP contribution in [-0.4, -0.2) is 27.8 Å². The number of fused-ring (bicyclic) bond motifs is 1. The average Bonchev–Trinajstić information content (AvgIpc) is 2.59. The molecule has 0 amide bonds. The van der Waals surface area contributed by atoms with E-state index in [4.69, 9.17) is 5.11 Å². The number of hydrogen-bond acceptors (Lipinski definition) is 4. The highest BCUT2D eigenvalue weighted by Crippen LogP contribution is 2.29. The fourth-order valence-electron chi connectivity index (χ4n) is 2.49. The number of carboxylic acid groups (broad SMARTS) is 1. The molecule has 23 heavy (non-hydrogen) atoms. The van der Waals surface area contributed by atoms with E-state index in [0.29, 0.717) is 18.8 Å². The van der Waals surface area contributed by atoms with Gasteiger partial charge in [-0.05, 0) is 6.42 Å². The normalized spacial score (nSPS) is 10.6. The van der Waals surface area contributed by atoms with Crippen LogP contribution >= 0.6 is 0 Å². The van der Waals surface area contributed by atoms with E-state index >= 15 is 0 Å². The zero-order valence-electron chi connectivity index (χ0n) is 12.6. The van der Waals surface area contributed by atoms with Crippen LogP contribution in [0.25, 0.3) is 22.0 Å². The Kier molecular flexibility index (Phi) is 4.47. The van der Waals surface area contributed by atoms with Crippen molar-refractivity contribution in [1.82, 2.24) is 10.2 Å². The minimum absolute atomic E-state index is 0.139. The van der Waals surface area contributed by atoms with E-state index in [1.165, 1.54) is 0 Å². The molecule has 1 heterocycles. The summed E-state index contributed by atoms with van der Waals surface area (Å²) in [7, 11) is 0. The van der Waals surface area contributed by atoms with E-state index in [-0.39, 0.29) is 6.42 Å². The molecule has 3 rings (SSSR count). The second-order valence-corrected chi connectivity index (χ2v) is 5.23. The first kappa shape index (κ1) is 15.0. The fourth-order valence-corrected chi connectivity index (χ4v) is 2.49. The second-order valence-electron chi connectivity index (χ2n) is 5.23. The first-order valence-electron chi connectivity index (χ1n) is 7.52. The Bertz CT molecular complexity index is 819. The lowest BCUT2D eigenvalue weighted by molar-refractivity contribution is -0.137. The van der Waals surface area contributed by atoms with Gasteiger partial charge in [0.25, 0.3) is 0 Å². The van der Waals surface area contributed by atoms with Gasteiger partial charge in [0.05, 0.1) is 0 Å². The van der Waals surface area contributed by atoms with Crippen LogP contribution < -0.4 is 5.32 Å². The molecule has 0 spiro atoms. The average molecular weight is 307 g/mol. The van der Waals surface area contributed by atoms with E-state index < -0.39 is 5.97 Å². The number of hydrogen-bond donors (Lipinski definition) is 2. The zero-order valence-corrected chi connectivity index (χ0v) is 12.6. The second kappa shape index (κ2) is 6.87. The first-order valence-corrected chi connectivity index (χ1v) is 7.52. The van der Waals surface area contributed by atoms with Crippen LogP contribution in [0.4, 0.5) is 5.82 Å². The SMILES string of the molecule is O=C(O)CCCNc1nnc(-c2ccccc2)c2ccccc12. The van der Waals surface area contributed by atoms with Crippen molar-refractivity contribution >= 4 is 22.6 Å². The van der Waals surface area contributed by atoms with E-state index in [2.05, 4.69) is 15.5 Å². The Morgan fingerprint density at radius 2 is 1.65 bits per heavy atom. The van der Waals surface area contributed by atoms with Crippen LogP contribution in [0.1, 0.15) is 12.8 Å². The topological polar surface area (TPSA) is 75.1 Å². The Labute approximate surface area is 134 Å². The largest absolute Gasteiger partial charge is 0.481 e. The lowest BCUT2D eigenvalue weighted by atomic mass is 10.0. The van der Waals surface area contributed by atoms with Crippen LogP contribution in [0.5, 0.6) is 0 Å². The van der Waals surface area contributed by atoms with Gasteiger partial charge in [0.1, 0.15) is 5.69 Å². The predicted molar refractivity (Wildman–Crippen MR) is 90.3 cm³/mol. The number of benzene rings is 2. The molecule has 5 heteroatoms. The molecular formula is C18H17N3O2. The maximum absolute atomic E-state index is 10.6. The smallest absolute Gasteiger partial charge is 0.303 e. The van der Waals surface area contributed by atoms with Gasteiger partial charge >= 0.3 is 5.97 Å². The molecule has 3 aromatic rings. The number of rotatable bonds is 6. The van der Waals surface area contributed by atoms with Gasteiger partial charge in [0.15, 0.2) is 5.82 Å². The lowest BCUT2D eigenvalue weighted by Crippen LogP contribution is -2.07. The van der Waals surface area contributed by atoms with Crippen LogP contribution in [0.2, 0.25) is 0 Å². The molecule has 0 aliphatic carbocycles. The monoisotopic (exact) mass is 307 g/mol. The summed E-state index contributed by atoms with van der Waals surface area (Å²) in [6.07, 6.45) is 0.687. The third-order valence-corrected chi connectivity index (χ3v) is 3.59. The van der Waals surface area contributed by atoms with E-state index in [9.17, 15) is 4.79 Å². The van der Waals surface area contributed by atoms with Gasteiger partial charge in [-0.3, -0.25) is 4.79 Å². The van der Waals surface area contributed by atoms with Crippen molar-refractivity contribution < 1.29 is 9.90 Å². The summed E-state index contributed by atoms with van der Waals surface area (Å²) >= 11 is 0. The van der Waals surface area contributed by atoms with Crippen molar-refractivity contribution in [2.24, 2.45) is 0 Å². The molecule has 0 bridgehead atoms. The van der Waals surface area contributed by atoms with Crippen molar-refractivity contribution in [3.8, 4) is 11.3 Å². The highest BCUT2D eigenvalue weighted by molar-refractivity contribution is 5.99. The Morgan fingerprint density at radius 3 is 2.39 bits per heavy atom. The number of nitrogens with one attached hydrogen (secondary N) is 1. The molecule has 0 aliphatic heterocycles. The molecule has 0 unspecified atom stereocenters. The van der Waals surface area contributed by atoms with Gasteiger partial charge in [-0.15, -0.1) is 10.2 Å². The predicted octanol–water partition coefficient (Wildman–Crippen LogP) is 3.57. The van der Waals surface area contributed by atoms with Crippen molar-refractivity contribution in [3.63, 3.8) is 0 Å². The minimum atomic E-state index is -0.790. The molecule has 5 nitrogen and oxygen atoms in total. The molecule has 1 aromatic heterocycles. The Balaban J connectivity index is 1.92. The third kappa shape index (κ3) is 3.45. The maximum Gasteiger partial charge on any atom is 0.303 e. The number of aliphatic carboxylic acids is 1. The summed E-state index contributed by atoms with van der Waals surface area (Å²) in [5.41, 5.74) is 1.87. The highest BCUT2D eigenvalue weighted by Gasteiger charge is 2.10. The summed E-state index contributed by atoms with van der Waals surface area (Å²) in [6, 6.07) is 17.9. The quantitative estimate of drug-likeness (QED) is 0.681. The fraction of sp³-hybridized carbons (Fsp3) is 0.167. The number of carboxylic acids is 1. The Morgan fingerprint density at radius 1 is 0.957 bits per heavy atom. The first-order chi connectivity index (χ1) is 11.3. The summed E-state index contributed by atoms with van der Waals surface area (Å²) in [4.78, 5) is 10.6. The number of anilines is 1. The van der Waals surface area contributed by atoms with Crippen LogP contribution in [0.3, 0.4) is 0 Å². The summed E-state index contributed by atoms with van der Waals surface area (Å²) in [6.45, 7) is 0.551. The molecule has 116 valence electrons. The summed E-state index contributed by atoms with van der Waals surface area (Å²) in [5.74, 6) is -0.104. The molecule has 0 aliphatic rings. The van der Waals surface area contributed by atoms with Crippen molar-refractivity contribution in [3.05, 3.63) is 54.6 Å². The van der Waals surface area contributed by atoms with E-state index in [1.54, 1.807) is 0 Å². The van der Waals surface area contributed by atoms with Crippen molar-refractivity contribution in [2.45, 2.75) is 12.8 Å². The molecule has 2 N–H and O–H groups in total. The highest BCUT2D eigenvalue weighted by atomic mass is 16.4. The van der Waals surface area contributed by atoms with Gasteiger partial charge in [0, 0.05) is 29.3 Å². The Hall–Kier alpha value is -2.95. The summed E-state index contributed by atoms with van der Waals surface area (Å²) in [5, 5.41) is 22.5. The molecule has 0 atom stereocenters. The number of aromatic nitrogens is 2. The zero-order chi connectivity index (χ0) is 16.1. The summed E-state index contributed by atoms with van der Waals surface area (Å²) < 4.78 is 0. The van der Waals surface area contributed by atoms with Crippen LogP contribution in [-0.2, 0) is 4.79 Å². The van der Waals surface area contributed by atoms with E-state index in [0.717, 1.165) is 22.0 Å². The third-order valence-electron chi connectivity index (χ3n) is 3.59. The van der Waals surface area contributed by atoms with Gasteiger partial charge < -0.3 is 10.4 Å². The van der Waals surface area contributed by atoms with Crippen LogP contribution in [0.15, 0.2) is 54.6 Å². The minimum Gasteiger partial charge on any atom is -0.481 e. The maximum atomic E-state index is 10.6. The van der Waals surface area contributed by atoms with Crippen LogP contribution in [0, 0.1) is 0 Å². The van der Waals surface area contributed by atoms with Gasteiger partial charge in [-0.25, -0.2) is 0 Å². The van der Waals surface area contributed by atoms with Crippen molar-refractivity contribution in [1.29, 1.82) is 0 Å². The lowest BCUT2D eigenvalue weighted by Gasteiger charge is -2.10.